The Morgan fingerprint density at radius 3 is 2.35 bits per heavy atom. The molecular weight excluding hydrogens is 271 g/mol. The number of ether oxygens (including phenoxy) is 1. The molecule has 9 heteroatoms. The van der Waals surface area contributed by atoms with Crippen LogP contribution in [-0.4, -0.2) is 20.5 Å². The Hall–Kier alpha value is -1.38. The summed E-state index contributed by atoms with van der Waals surface area (Å²) in [5.41, 5.74) is 0. The topological polar surface area (TPSA) is 43.4 Å². The van der Waals surface area contributed by atoms with Gasteiger partial charge in [-0.05, 0) is 18.2 Å². The maximum absolute atomic E-state index is 12.2. The maximum atomic E-state index is 12.2. The Balaban J connectivity index is 3.27. The highest BCUT2D eigenvalue weighted by Crippen LogP contribution is 2.31. The Bertz CT molecular complexity index is 494. The highest BCUT2D eigenvalue weighted by Gasteiger charge is 2.36. The highest BCUT2D eigenvalue weighted by molar-refractivity contribution is 7.91. The van der Waals surface area contributed by atoms with Crippen LogP contribution in [0.4, 0.5) is 22.0 Å². The van der Waals surface area contributed by atoms with Crippen LogP contribution in [0.25, 0.3) is 0 Å². The third-order valence-corrected chi connectivity index (χ3v) is 2.97. The molecule has 0 aromatic heterocycles. The van der Waals surface area contributed by atoms with E-state index < -0.39 is 32.6 Å². The van der Waals surface area contributed by atoms with E-state index in [-0.39, 0.29) is 0 Å². The lowest BCUT2D eigenvalue weighted by Crippen LogP contribution is -2.20. The summed E-state index contributed by atoms with van der Waals surface area (Å²) in [5, 5.41) is 0. The summed E-state index contributed by atoms with van der Waals surface area (Å²) in [5.74, 6) is -5.07. The number of hydrogen-bond donors (Lipinski definition) is 0. The predicted octanol–water partition coefficient (Wildman–Crippen LogP) is 2.38. The molecular formula is C8H4F5O3S. The van der Waals surface area contributed by atoms with Crippen molar-refractivity contribution >= 4 is 9.84 Å². The molecule has 0 fully saturated rings. The smallest absolute Gasteiger partial charge is 0.404 e. The molecule has 95 valence electrons. The molecule has 0 heterocycles. The molecule has 1 aromatic rings. The molecule has 1 aromatic carbocycles. The van der Waals surface area contributed by atoms with Gasteiger partial charge in [0.2, 0.25) is 9.84 Å². The monoisotopic (exact) mass is 275 g/mol. The third kappa shape index (κ3) is 3.29. The van der Waals surface area contributed by atoms with Gasteiger partial charge >= 0.3 is 12.1 Å². The van der Waals surface area contributed by atoms with E-state index in [0.717, 1.165) is 6.07 Å². The van der Waals surface area contributed by atoms with Crippen LogP contribution in [0.1, 0.15) is 0 Å². The second kappa shape index (κ2) is 4.47. The first kappa shape index (κ1) is 13.7. The average molecular weight is 275 g/mol. The van der Waals surface area contributed by atoms with Crippen LogP contribution in [0.5, 0.6) is 5.75 Å². The summed E-state index contributed by atoms with van der Waals surface area (Å²) in [4.78, 5) is -1.23. The Kier molecular flexibility index (Phi) is 3.60. The Labute approximate surface area is 92.7 Å². The van der Waals surface area contributed by atoms with Crippen LogP contribution in [0.3, 0.4) is 0 Å². The van der Waals surface area contributed by atoms with Crippen molar-refractivity contribution in [1.29, 1.82) is 0 Å². The molecule has 0 spiro atoms. The molecule has 0 unspecified atom stereocenters. The van der Waals surface area contributed by atoms with Crippen molar-refractivity contribution in [3.05, 3.63) is 24.3 Å². The van der Waals surface area contributed by atoms with Crippen LogP contribution < -0.4 is 4.74 Å². The van der Waals surface area contributed by atoms with Gasteiger partial charge in [-0.15, -0.1) is 13.2 Å². The average Bonchev–Trinajstić information content (AvgIpc) is 2.15. The normalized spacial score (nSPS) is 12.8. The molecule has 0 N–H and O–H groups in total. The van der Waals surface area contributed by atoms with Gasteiger partial charge in [0.25, 0.3) is 0 Å². The van der Waals surface area contributed by atoms with Crippen molar-refractivity contribution in [1.82, 2.24) is 0 Å². The van der Waals surface area contributed by atoms with E-state index in [1.54, 1.807) is 0 Å². The van der Waals surface area contributed by atoms with Crippen LogP contribution in [0.15, 0.2) is 23.1 Å². The Morgan fingerprint density at radius 1 is 1.29 bits per heavy atom. The third-order valence-electron chi connectivity index (χ3n) is 1.55. The van der Waals surface area contributed by atoms with E-state index in [0.29, 0.717) is 12.1 Å². The first-order chi connectivity index (χ1) is 7.64. The summed E-state index contributed by atoms with van der Waals surface area (Å²) in [6.07, 6.45) is -5.18. The van der Waals surface area contributed by atoms with Gasteiger partial charge in [-0.25, -0.2) is 8.42 Å². The maximum Gasteiger partial charge on any atom is 0.573 e. The lowest BCUT2D eigenvalue weighted by atomic mass is 10.3. The van der Waals surface area contributed by atoms with Crippen molar-refractivity contribution in [3.63, 3.8) is 0 Å². The lowest BCUT2D eigenvalue weighted by Gasteiger charge is -2.12. The van der Waals surface area contributed by atoms with Gasteiger partial charge in [-0.3, -0.25) is 0 Å². The van der Waals surface area contributed by atoms with Crippen molar-refractivity contribution in [2.75, 3.05) is 0 Å². The molecule has 0 saturated heterocycles. The number of halogens is 5. The molecule has 0 amide bonds. The summed E-state index contributed by atoms with van der Waals surface area (Å²) in [6, 6.07) is 4.06. The fraction of sp³-hybridized carbons (Fsp3) is 0.250. The van der Waals surface area contributed by atoms with Crippen molar-refractivity contribution in [2.45, 2.75) is 17.0 Å². The van der Waals surface area contributed by atoms with Crippen molar-refractivity contribution in [2.24, 2.45) is 0 Å². The van der Waals surface area contributed by atoms with Crippen LogP contribution >= 0.6 is 0 Å². The number of benzene rings is 1. The van der Waals surface area contributed by atoms with Gasteiger partial charge in [-0.2, -0.15) is 8.78 Å². The summed E-state index contributed by atoms with van der Waals surface area (Å²) in [7, 11) is -5.16. The number of sulfone groups is 1. The zero-order chi connectivity index (χ0) is 13.3. The van der Waals surface area contributed by atoms with E-state index >= 15 is 0 Å². The van der Waals surface area contributed by atoms with E-state index in [9.17, 15) is 30.4 Å². The van der Waals surface area contributed by atoms with Gasteiger partial charge < -0.3 is 4.74 Å². The van der Waals surface area contributed by atoms with E-state index in [1.807, 2.05) is 0 Å². The molecule has 1 rings (SSSR count). The first-order valence-corrected chi connectivity index (χ1v) is 5.47. The predicted molar refractivity (Wildman–Crippen MR) is 45.2 cm³/mol. The standard InChI is InChI=1S/C8H4F5O3S/c9-7(10)17(14,15)6-4-2-1-3-5(6)16-8(11,12)13/h2-4,7H. The van der Waals surface area contributed by atoms with Gasteiger partial charge in [-0.1, -0.05) is 6.07 Å². The number of rotatable bonds is 3. The second-order valence-corrected chi connectivity index (χ2v) is 4.61. The van der Waals surface area contributed by atoms with Gasteiger partial charge in [0.15, 0.2) is 0 Å². The minimum atomic E-state index is -5.18. The molecule has 1 radical (unpaired) electrons. The fourth-order valence-electron chi connectivity index (χ4n) is 0.936. The molecule has 0 aliphatic heterocycles. The highest BCUT2D eigenvalue weighted by atomic mass is 32.2. The molecule has 0 bridgehead atoms. The Morgan fingerprint density at radius 2 is 1.88 bits per heavy atom. The molecule has 0 aliphatic carbocycles. The fourth-order valence-corrected chi connectivity index (χ4v) is 1.77. The SMILES string of the molecule is O=S(=O)(c1cc[c]cc1OC(F)(F)F)C(F)F. The van der Waals surface area contributed by atoms with Crippen LogP contribution in [0.2, 0.25) is 0 Å². The van der Waals surface area contributed by atoms with Gasteiger partial charge in [0.05, 0.1) is 0 Å². The second-order valence-electron chi connectivity index (χ2n) is 2.73. The summed E-state index contributed by atoms with van der Waals surface area (Å²) >= 11 is 0. The van der Waals surface area contributed by atoms with E-state index in [1.165, 1.54) is 0 Å². The molecule has 0 saturated carbocycles. The zero-order valence-corrected chi connectivity index (χ0v) is 8.65. The van der Waals surface area contributed by atoms with Gasteiger partial charge in [0.1, 0.15) is 10.6 Å². The largest absolute Gasteiger partial charge is 0.573 e. The van der Waals surface area contributed by atoms with Crippen molar-refractivity contribution < 1.29 is 35.1 Å². The van der Waals surface area contributed by atoms with E-state index in [2.05, 4.69) is 10.8 Å². The lowest BCUT2D eigenvalue weighted by molar-refractivity contribution is -0.275. The zero-order valence-electron chi connectivity index (χ0n) is 7.83. The quantitative estimate of drug-likeness (QED) is 0.795. The molecule has 0 aliphatic rings. The number of hydrogen-bond acceptors (Lipinski definition) is 3. The summed E-state index contributed by atoms with van der Waals surface area (Å²) in [6.45, 7) is 0. The first-order valence-electron chi connectivity index (χ1n) is 3.92. The minimum absolute atomic E-state index is 0.517. The molecule has 3 nitrogen and oxygen atoms in total. The molecule has 17 heavy (non-hydrogen) atoms. The van der Waals surface area contributed by atoms with Gasteiger partial charge in [0, 0.05) is 0 Å². The van der Waals surface area contributed by atoms with Crippen LogP contribution in [-0.2, 0) is 9.84 Å². The molecule has 0 atom stereocenters. The van der Waals surface area contributed by atoms with Crippen LogP contribution in [0, 0.1) is 6.07 Å². The number of alkyl halides is 5. The van der Waals surface area contributed by atoms with Crippen molar-refractivity contribution in [3.8, 4) is 5.75 Å². The van der Waals surface area contributed by atoms with E-state index in [4.69, 9.17) is 0 Å². The summed E-state index contributed by atoms with van der Waals surface area (Å²) < 4.78 is 85.4. The minimum Gasteiger partial charge on any atom is -0.404 e.